The molecule has 0 radical (unpaired) electrons. The van der Waals surface area contributed by atoms with Crippen molar-refractivity contribution in [3.05, 3.63) is 331 Å². The van der Waals surface area contributed by atoms with Crippen LogP contribution in [0.1, 0.15) is 27.8 Å². The molecule has 1 aliphatic carbocycles. The second-order valence-electron chi connectivity index (χ2n) is 20.3. The van der Waals surface area contributed by atoms with Crippen LogP contribution in [0.5, 0.6) is 0 Å². The monoisotopic (exact) mass is 994 g/mol. The number of para-hydroxylation sites is 2. The third-order valence-electron chi connectivity index (χ3n) is 15.8. The Hall–Kier alpha value is -10.0. The Balaban J connectivity index is 0.740. The molecule has 1 aliphatic rings. The predicted molar refractivity (Wildman–Crippen MR) is 329 cm³/mol. The second kappa shape index (κ2) is 20.3. The zero-order valence-electron chi connectivity index (χ0n) is 43.2. The van der Waals surface area contributed by atoms with E-state index in [0.717, 1.165) is 18.7 Å². The number of hydrogen-bond donors (Lipinski definition) is 0. The zero-order chi connectivity index (χ0) is 51.8. The van der Waals surface area contributed by atoms with E-state index in [0.29, 0.717) is 0 Å². The average Bonchev–Trinajstić information content (AvgIpc) is 4.25. The average molecular weight is 995 g/mol. The summed E-state index contributed by atoms with van der Waals surface area (Å²) in [5.74, 6) is 0. The molecule has 0 fully saturated rings. The molecule has 78 heavy (non-hydrogen) atoms. The fraction of sp³-hybridized carbons (Fsp3) is 0.0263. The highest BCUT2D eigenvalue weighted by atomic mass is 15.1. The molecule has 12 aromatic carbocycles. The van der Waals surface area contributed by atoms with Crippen molar-refractivity contribution in [3.63, 3.8) is 0 Å². The molecule has 0 atom stereocenters. The van der Waals surface area contributed by atoms with E-state index in [4.69, 9.17) is 0 Å². The summed E-state index contributed by atoms with van der Waals surface area (Å²) in [7, 11) is 0. The third kappa shape index (κ3) is 8.70. The van der Waals surface area contributed by atoms with E-state index in [1.807, 2.05) is 0 Å². The van der Waals surface area contributed by atoms with Gasteiger partial charge in [-0.05, 0) is 150 Å². The predicted octanol–water partition coefficient (Wildman–Crippen LogP) is 19.8. The summed E-state index contributed by atoms with van der Waals surface area (Å²) in [5.41, 5.74) is 26.9. The molecule has 2 nitrogen and oxygen atoms in total. The molecular formula is C76H54N2. The number of nitrogens with zero attached hydrogens (tertiary/aromatic N) is 2. The van der Waals surface area contributed by atoms with Gasteiger partial charge in [-0.3, -0.25) is 0 Å². The van der Waals surface area contributed by atoms with Crippen LogP contribution in [0.3, 0.4) is 0 Å². The van der Waals surface area contributed by atoms with Crippen LogP contribution < -0.4 is 4.90 Å². The van der Waals surface area contributed by atoms with Crippen LogP contribution >= 0.6 is 0 Å². The summed E-state index contributed by atoms with van der Waals surface area (Å²) in [6.07, 6.45) is 0.888. The van der Waals surface area contributed by atoms with Crippen LogP contribution in [-0.2, 0) is 6.42 Å². The maximum absolute atomic E-state index is 2.48. The largest absolute Gasteiger partial charge is 0.341 e. The van der Waals surface area contributed by atoms with Gasteiger partial charge in [0.15, 0.2) is 0 Å². The van der Waals surface area contributed by atoms with Crippen molar-refractivity contribution in [1.82, 2.24) is 4.57 Å². The molecule has 14 rings (SSSR count). The summed E-state index contributed by atoms with van der Waals surface area (Å²) in [5, 5.41) is 2.49. The molecule has 0 saturated carbocycles. The maximum atomic E-state index is 2.48. The molecule has 368 valence electrons. The first-order chi connectivity index (χ1) is 38.7. The summed E-state index contributed by atoms with van der Waals surface area (Å²) >= 11 is 0. The minimum absolute atomic E-state index is 0.824. The molecule has 0 bridgehead atoms. The van der Waals surface area contributed by atoms with Crippen LogP contribution in [0.4, 0.5) is 11.4 Å². The SMILES string of the molecule is c1ccc(C(=C2c3ccccc3-c3ccc(N(CCc4ccc(-c5ccc(-c6ccc7c8ccc(-c9ccc(-c%10ccccc%10)cc9)cc8n(-c8ccccc8)c7c6)cc5)cc4)c4ccccc4)cc32)c2ccccc2)cc1. The second-order valence-corrected chi connectivity index (χ2v) is 20.3. The van der Waals surface area contributed by atoms with Crippen molar-refractivity contribution >= 4 is 44.3 Å². The number of aromatic nitrogens is 1. The molecule has 13 aromatic rings. The highest BCUT2D eigenvalue weighted by Gasteiger charge is 2.28. The number of hydrogen-bond acceptors (Lipinski definition) is 1. The normalized spacial score (nSPS) is 11.7. The highest BCUT2D eigenvalue weighted by molar-refractivity contribution is 6.14. The van der Waals surface area contributed by atoms with Gasteiger partial charge in [0.1, 0.15) is 0 Å². The summed E-state index contributed by atoms with van der Waals surface area (Å²) in [6, 6.07) is 111. The van der Waals surface area contributed by atoms with E-state index in [1.54, 1.807) is 0 Å². The Labute approximate surface area is 456 Å². The van der Waals surface area contributed by atoms with Crippen molar-refractivity contribution in [2.24, 2.45) is 0 Å². The maximum Gasteiger partial charge on any atom is 0.0547 e. The highest BCUT2D eigenvalue weighted by Crippen LogP contribution is 2.50. The molecular weight excluding hydrogens is 941 g/mol. The lowest BCUT2D eigenvalue weighted by molar-refractivity contribution is 0.914. The first kappa shape index (κ1) is 46.5. The number of fused-ring (bicyclic) bond motifs is 6. The first-order valence-corrected chi connectivity index (χ1v) is 27.1. The Kier molecular flexibility index (Phi) is 12.1. The van der Waals surface area contributed by atoms with Crippen molar-refractivity contribution in [1.29, 1.82) is 0 Å². The van der Waals surface area contributed by atoms with Gasteiger partial charge in [0, 0.05) is 34.4 Å². The molecule has 0 unspecified atom stereocenters. The van der Waals surface area contributed by atoms with Crippen LogP contribution in [-0.4, -0.2) is 11.1 Å². The molecule has 0 spiro atoms. The minimum atomic E-state index is 0.824. The lowest BCUT2D eigenvalue weighted by atomic mass is 9.88. The van der Waals surface area contributed by atoms with E-state index in [1.165, 1.54) is 128 Å². The third-order valence-corrected chi connectivity index (χ3v) is 15.8. The number of benzene rings is 12. The summed E-state index contributed by atoms with van der Waals surface area (Å²) in [6.45, 7) is 0.824. The molecule has 1 heterocycles. The van der Waals surface area contributed by atoms with Gasteiger partial charge >= 0.3 is 0 Å². The van der Waals surface area contributed by atoms with Crippen LogP contribution in [0.25, 0.3) is 94.3 Å². The zero-order valence-corrected chi connectivity index (χ0v) is 43.2. The smallest absolute Gasteiger partial charge is 0.0547 e. The van der Waals surface area contributed by atoms with E-state index >= 15 is 0 Å². The van der Waals surface area contributed by atoms with Crippen molar-refractivity contribution < 1.29 is 0 Å². The minimum Gasteiger partial charge on any atom is -0.341 e. The van der Waals surface area contributed by atoms with Gasteiger partial charge in [-0.2, -0.15) is 0 Å². The van der Waals surface area contributed by atoms with Crippen LogP contribution in [0, 0.1) is 0 Å². The number of rotatable bonds is 12. The van der Waals surface area contributed by atoms with E-state index in [9.17, 15) is 0 Å². The van der Waals surface area contributed by atoms with Crippen LogP contribution in [0.2, 0.25) is 0 Å². The molecule has 0 amide bonds. The van der Waals surface area contributed by atoms with Gasteiger partial charge in [-0.15, -0.1) is 0 Å². The van der Waals surface area contributed by atoms with E-state index in [2.05, 4.69) is 313 Å². The fourth-order valence-corrected chi connectivity index (χ4v) is 11.9. The van der Waals surface area contributed by atoms with Gasteiger partial charge in [0.25, 0.3) is 0 Å². The Morgan fingerprint density at radius 1 is 0.295 bits per heavy atom. The Morgan fingerprint density at radius 3 is 1.24 bits per heavy atom. The Morgan fingerprint density at radius 2 is 0.705 bits per heavy atom. The van der Waals surface area contributed by atoms with Crippen molar-refractivity contribution in [3.8, 4) is 61.3 Å². The first-order valence-electron chi connectivity index (χ1n) is 27.1. The van der Waals surface area contributed by atoms with Gasteiger partial charge in [0.05, 0.1) is 11.0 Å². The summed E-state index contributed by atoms with van der Waals surface area (Å²) in [4.78, 5) is 2.48. The summed E-state index contributed by atoms with van der Waals surface area (Å²) < 4.78 is 2.43. The molecule has 0 N–H and O–H groups in total. The van der Waals surface area contributed by atoms with Gasteiger partial charge in [-0.25, -0.2) is 0 Å². The number of anilines is 2. The molecule has 0 saturated heterocycles. The Bertz CT molecular complexity index is 4250. The molecule has 2 heteroatoms. The standard InChI is InChI=1S/C76H54N2/c1-6-18-54(19-7-1)56-34-38-58(39-35-56)62-42-45-69-70-46-43-63(51-74(70)78(73(69)50-62)65-26-14-5-15-27-65)59-40-36-57(37-41-59)55-32-30-53(31-33-55)48-49-77(64-24-12-4-13-25-64)66-44-47-68-67-28-16-17-29-71(67)76(72(68)52-66)75(60-20-8-2-9-21-60)61-22-10-3-11-23-61/h1-47,50-52H,48-49H2. The fourth-order valence-electron chi connectivity index (χ4n) is 11.9. The van der Waals surface area contributed by atoms with Gasteiger partial charge in [0.2, 0.25) is 0 Å². The van der Waals surface area contributed by atoms with Gasteiger partial charge in [-0.1, -0.05) is 255 Å². The quantitative estimate of drug-likeness (QED) is 0.118. The topological polar surface area (TPSA) is 8.17 Å². The molecule has 0 aliphatic heterocycles. The van der Waals surface area contributed by atoms with Gasteiger partial charge < -0.3 is 9.47 Å². The lowest BCUT2D eigenvalue weighted by Crippen LogP contribution is -2.20. The molecule has 1 aromatic heterocycles. The lowest BCUT2D eigenvalue weighted by Gasteiger charge is -2.26. The van der Waals surface area contributed by atoms with E-state index < -0.39 is 0 Å². The van der Waals surface area contributed by atoms with Crippen molar-refractivity contribution in [2.45, 2.75) is 6.42 Å². The van der Waals surface area contributed by atoms with Crippen molar-refractivity contribution in [2.75, 3.05) is 11.4 Å². The van der Waals surface area contributed by atoms with Crippen LogP contribution in [0.15, 0.2) is 303 Å². The van der Waals surface area contributed by atoms with E-state index in [-0.39, 0.29) is 0 Å².